The van der Waals surface area contributed by atoms with Gasteiger partial charge in [-0.15, -0.1) is 0 Å². The fourth-order valence-corrected chi connectivity index (χ4v) is 6.03. The van der Waals surface area contributed by atoms with Crippen molar-refractivity contribution in [3.8, 4) is 5.75 Å². The third-order valence-corrected chi connectivity index (χ3v) is 8.53. The van der Waals surface area contributed by atoms with Gasteiger partial charge < -0.3 is 25.6 Å². The quantitative estimate of drug-likeness (QED) is 0.375. The van der Waals surface area contributed by atoms with E-state index in [4.69, 9.17) is 4.74 Å². The maximum absolute atomic E-state index is 14.2. The summed E-state index contributed by atoms with van der Waals surface area (Å²) in [6, 6.07) is 21.2. The first-order valence-electron chi connectivity index (χ1n) is 16.0. The monoisotopic (exact) mass is 628 g/mol. The van der Waals surface area contributed by atoms with E-state index < -0.39 is 29.7 Å². The van der Waals surface area contributed by atoms with Crippen molar-refractivity contribution in [2.24, 2.45) is 0 Å². The van der Waals surface area contributed by atoms with E-state index in [9.17, 15) is 23.6 Å². The molecular formula is C36H41FN4O5. The molecule has 0 aliphatic carbocycles. The van der Waals surface area contributed by atoms with Crippen LogP contribution in [0.15, 0.2) is 78.9 Å². The molecule has 1 saturated heterocycles. The number of aryl methyl sites for hydroxylation is 1. The number of carbonyl (C=O) groups excluding carboxylic acids is 4. The number of nitrogens with one attached hydrogen (secondary N) is 3. The summed E-state index contributed by atoms with van der Waals surface area (Å²) >= 11 is 0. The molecule has 0 saturated carbocycles. The standard InChI is InChI=1S/C36H41FN4O5/c37-29-15-5-4-13-27(29)24-38-35(44)30-16-6-7-21-46-28-14-8-10-25(22-28)18-19-33(42)39-31(36(45)40-30)23-34(43)41-20-9-17-32(41)26-11-2-1-3-12-26/h1-5,8,10-15,22,30-32H,6-7,9,16-21,23-24H2,(H,38,44)(H,39,42)(H,40,45)/t30-,31-,32+/m0/s1. The molecule has 1 fully saturated rings. The normalized spacial score (nSPS) is 21.1. The predicted octanol–water partition coefficient (Wildman–Crippen LogP) is 4.36. The number of amides is 4. The van der Waals surface area contributed by atoms with E-state index in [0.29, 0.717) is 43.7 Å². The second-order valence-electron chi connectivity index (χ2n) is 11.8. The summed E-state index contributed by atoms with van der Waals surface area (Å²) in [5.41, 5.74) is 2.27. The molecule has 5 rings (SSSR count). The van der Waals surface area contributed by atoms with E-state index in [1.807, 2.05) is 54.6 Å². The van der Waals surface area contributed by atoms with Gasteiger partial charge >= 0.3 is 0 Å². The predicted molar refractivity (Wildman–Crippen MR) is 171 cm³/mol. The topological polar surface area (TPSA) is 117 Å². The van der Waals surface area contributed by atoms with Crippen molar-refractivity contribution in [1.29, 1.82) is 0 Å². The minimum absolute atomic E-state index is 0.0498. The average Bonchev–Trinajstić information content (AvgIpc) is 3.56. The van der Waals surface area contributed by atoms with Gasteiger partial charge in [0.1, 0.15) is 23.7 Å². The van der Waals surface area contributed by atoms with Crippen molar-refractivity contribution in [1.82, 2.24) is 20.9 Å². The molecule has 4 amide bonds. The van der Waals surface area contributed by atoms with Gasteiger partial charge in [0.25, 0.3) is 0 Å². The first-order chi connectivity index (χ1) is 22.4. The smallest absolute Gasteiger partial charge is 0.243 e. The van der Waals surface area contributed by atoms with Gasteiger partial charge in [0, 0.05) is 25.1 Å². The molecule has 0 unspecified atom stereocenters. The zero-order valence-electron chi connectivity index (χ0n) is 25.9. The molecule has 2 bridgehead atoms. The second-order valence-corrected chi connectivity index (χ2v) is 11.8. The summed E-state index contributed by atoms with van der Waals surface area (Å²) < 4.78 is 20.1. The Labute approximate surface area is 268 Å². The maximum atomic E-state index is 14.2. The molecule has 46 heavy (non-hydrogen) atoms. The van der Waals surface area contributed by atoms with Crippen LogP contribution in [0.4, 0.5) is 4.39 Å². The highest BCUT2D eigenvalue weighted by molar-refractivity contribution is 5.95. The number of nitrogens with zero attached hydrogens (tertiary/aromatic N) is 1. The Kier molecular flexibility index (Phi) is 11.4. The lowest BCUT2D eigenvalue weighted by Crippen LogP contribution is -2.55. The van der Waals surface area contributed by atoms with Gasteiger partial charge in [-0.25, -0.2) is 4.39 Å². The van der Waals surface area contributed by atoms with E-state index in [2.05, 4.69) is 16.0 Å². The number of fused-ring (bicyclic) bond motifs is 2. The third kappa shape index (κ3) is 8.93. The number of carbonyl (C=O) groups is 4. The number of ether oxygens (including phenoxy) is 1. The molecule has 0 spiro atoms. The van der Waals surface area contributed by atoms with Crippen LogP contribution in [0.5, 0.6) is 5.75 Å². The van der Waals surface area contributed by atoms with Gasteiger partial charge in [0.15, 0.2) is 0 Å². The first kappa shape index (κ1) is 32.7. The van der Waals surface area contributed by atoms with E-state index >= 15 is 0 Å². The number of halogens is 1. The minimum Gasteiger partial charge on any atom is -0.494 e. The van der Waals surface area contributed by atoms with Gasteiger partial charge in [-0.1, -0.05) is 60.7 Å². The Balaban J connectivity index is 1.34. The number of benzene rings is 3. The molecule has 0 radical (unpaired) electrons. The number of hydrogen-bond donors (Lipinski definition) is 3. The molecule has 3 aromatic carbocycles. The molecule has 9 nitrogen and oxygen atoms in total. The average molecular weight is 629 g/mol. The Morgan fingerprint density at radius 2 is 1.70 bits per heavy atom. The van der Waals surface area contributed by atoms with Crippen LogP contribution in [0, 0.1) is 5.82 Å². The highest BCUT2D eigenvalue weighted by atomic mass is 19.1. The lowest BCUT2D eigenvalue weighted by Gasteiger charge is -2.28. The lowest BCUT2D eigenvalue weighted by atomic mass is 10.0. The number of hydrogen-bond acceptors (Lipinski definition) is 5. The van der Waals surface area contributed by atoms with Gasteiger partial charge in [0.05, 0.1) is 19.1 Å². The minimum atomic E-state index is -1.18. The van der Waals surface area contributed by atoms with E-state index in [1.165, 1.54) is 6.07 Å². The molecule has 3 atom stereocenters. The summed E-state index contributed by atoms with van der Waals surface area (Å²) in [5.74, 6) is -1.47. The molecule has 0 aromatic heterocycles. The van der Waals surface area contributed by atoms with Crippen molar-refractivity contribution in [3.63, 3.8) is 0 Å². The molecule has 2 aliphatic rings. The van der Waals surface area contributed by atoms with E-state index in [0.717, 1.165) is 24.0 Å². The highest BCUT2D eigenvalue weighted by Gasteiger charge is 2.34. The van der Waals surface area contributed by atoms with Crippen LogP contribution >= 0.6 is 0 Å². The molecular weight excluding hydrogens is 587 g/mol. The first-order valence-corrected chi connectivity index (χ1v) is 16.0. The van der Waals surface area contributed by atoms with E-state index in [-0.39, 0.29) is 43.7 Å². The van der Waals surface area contributed by atoms with Crippen LogP contribution in [0.3, 0.4) is 0 Å². The van der Waals surface area contributed by atoms with Crippen molar-refractivity contribution >= 4 is 23.6 Å². The Bertz CT molecular complexity index is 1520. The van der Waals surface area contributed by atoms with Crippen molar-refractivity contribution < 1.29 is 28.3 Å². The lowest BCUT2D eigenvalue weighted by molar-refractivity contribution is -0.137. The Hall–Kier alpha value is -4.73. The summed E-state index contributed by atoms with van der Waals surface area (Å²) in [6.07, 6.45) is 3.40. The number of rotatable bonds is 6. The van der Waals surface area contributed by atoms with Gasteiger partial charge in [-0.2, -0.15) is 0 Å². The van der Waals surface area contributed by atoms with Crippen LogP contribution < -0.4 is 20.7 Å². The second kappa shape index (κ2) is 16.0. The summed E-state index contributed by atoms with van der Waals surface area (Å²) in [7, 11) is 0. The van der Waals surface area contributed by atoms with Crippen molar-refractivity contribution in [3.05, 3.63) is 101 Å². The van der Waals surface area contributed by atoms with Crippen LogP contribution in [0.1, 0.15) is 67.7 Å². The SMILES string of the molecule is O=C1CCc2cccc(c2)OCCCC[C@@H](C(=O)NCc2ccccc2F)NC(=O)[C@H](CC(=O)N2CCC[C@@H]2c2ccccc2)N1. The van der Waals surface area contributed by atoms with Crippen LogP contribution in [-0.4, -0.2) is 53.8 Å². The summed E-state index contributed by atoms with van der Waals surface area (Å²) in [4.78, 5) is 55.8. The molecule has 242 valence electrons. The molecule has 3 aromatic rings. The third-order valence-electron chi connectivity index (χ3n) is 8.53. The van der Waals surface area contributed by atoms with Gasteiger partial charge in [-0.05, 0) is 67.9 Å². The molecule has 2 heterocycles. The molecule has 3 N–H and O–H groups in total. The fourth-order valence-electron chi connectivity index (χ4n) is 6.03. The molecule has 2 aliphatic heterocycles. The largest absolute Gasteiger partial charge is 0.494 e. The van der Waals surface area contributed by atoms with Crippen molar-refractivity contribution in [2.45, 2.75) is 76.0 Å². The van der Waals surface area contributed by atoms with Crippen LogP contribution in [0.25, 0.3) is 0 Å². The fraction of sp³-hybridized carbons (Fsp3) is 0.389. The van der Waals surface area contributed by atoms with Gasteiger partial charge in [-0.3, -0.25) is 19.2 Å². The molecule has 10 heteroatoms. The zero-order valence-corrected chi connectivity index (χ0v) is 25.9. The van der Waals surface area contributed by atoms with Crippen LogP contribution in [0.2, 0.25) is 0 Å². The number of likely N-dealkylation sites (tertiary alicyclic amines) is 1. The van der Waals surface area contributed by atoms with Gasteiger partial charge in [0.2, 0.25) is 23.6 Å². The van der Waals surface area contributed by atoms with E-state index in [1.54, 1.807) is 23.1 Å². The highest BCUT2D eigenvalue weighted by Crippen LogP contribution is 2.32. The van der Waals surface area contributed by atoms with Crippen molar-refractivity contribution in [2.75, 3.05) is 13.2 Å². The summed E-state index contributed by atoms with van der Waals surface area (Å²) in [5, 5.41) is 8.31. The summed E-state index contributed by atoms with van der Waals surface area (Å²) in [6.45, 7) is 0.920. The zero-order chi connectivity index (χ0) is 32.3. The Morgan fingerprint density at radius 3 is 2.52 bits per heavy atom. The maximum Gasteiger partial charge on any atom is 0.243 e. The van der Waals surface area contributed by atoms with Crippen LogP contribution in [-0.2, 0) is 32.1 Å². The Morgan fingerprint density at radius 1 is 0.891 bits per heavy atom.